The summed E-state index contributed by atoms with van der Waals surface area (Å²) in [7, 11) is 4.95. The minimum absolute atomic E-state index is 0.0500. The van der Waals surface area contributed by atoms with Gasteiger partial charge in [-0.15, -0.1) is 0 Å². The van der Waals surface area contributed by atoms with E-state index >= 15 is 0 Å². The quantitative estimate of drug-likeness (QED) is 0.789. The normalized spacial score (nSPS) is 11.0. The van der Waals surface area contributed by atoms with Crippen molar-refractivity contribution in [3.05, 3.63) is 59.7 Å². The molecule has 0 saturated carbocycles. The molecule has 0 saturated heterocycles. The highest BCUT2D eigenvalue weighted by molar-refractivity contribution is 6.07. The van der Waals surface area contributed by atoms with E-state index in [1.54, 1.807) is 33.1 Å². The Labute approximate surface area is 137 Å². The molecule has 0 unspecified atom stereocenters. The maximum absolute atomic E-state index is 12.5. The molecule has 0 aromatic heterocycles. The Balaban J connectivity index is 2.23. The van der Waals surface area contributed by atoms with E-state index in [2.05, 4.69) is 0 Å². The van der Waals surface area contributed by atoms with Crippen molar-refractivity contribution in [2.24, 2.45) is 0 Å². The van der Waals surface area contributed by atoms with Crippen LogP contribution < -0.4 is 14.4 Å². The summed E-state index contributed by atoms with van der Waals surface area (Å²) in [5.74, 6) is 1.25. The SMILES string of the molecule is COc1ccc(/C=C(\C)C(=O)N(C)c2ccccc2)cc1OC. The van der Waals surface area contributed by atoms with E-state index in [4.69, 9.17) is 9.47 Å². The molecule has 0 spiro atoms. The van der Waals surface area contributed by atoms with Crippen LogP contribution in [0.5, 0.6) is 11.5 Å². The van der Waals surface area contributed by atoms with Crippen LogP contribution in [0.4, 0.5) is 5.69 Å². The van der Waals surface area contributed by atoms with Gasteiger partial charge in [0.1, 0.15) is 0 Å². The molecule has 23 heavy (non-hydrogen) atoms. The molecule has 2 rings (SSSR count). The highest BCUT2D eigenvalue weighted by Gasteiger charge is 2.13. The van der Waals surface area contributed by atoms with Crippen molar-refractivity contribution in [3.8, 4) is 11.5 Å². The van der Waals surface area contributed by atoms with Crippen LogP contribution in [0, 0.1) is 0 Å². The lowest BCUT2D eigenvalue weighted by Crippen LogP contribution is -2.26. The average Bonchev–Trinajstić information content (AvgIpc) is 2.60. The van der Waals surface area contributed by atoms with Crippen LogP contribution in [-0.4, -0.2) is 27.2 Å². The van der Waals surface area contributed by atoms with Crippen LogP contribution in [0.25, 0.3) is 6.08 Å². The standard InChI is InChI=1S/C19H21NO3/c1-14(19(21)20(2)16-8-6-5-7-9-16)12-15-10-11-17(22-3)18(13-15)23-4/h5-13H,1-4H3/b14-12+. The van der Waals surface area contributed by atoms with Gasteiger partial charge < -0.3 is 14.4 Å². The molecule has 0 atom stereocenters. The number of methoxy groups -OCH3 is 2. The number of benzene rings is 2. The molecule has 0 fully saturated rings. The fourth-order valence-corrected chi connectivity index (χ4v) is 2.29. The number of hydrogen-bond acceptors (Lipinski definition) is 3. The van der Waals surface area contributed by atoms with Crippen molar-refractivity contribution in [1.29, 1.82) is 0 Å². The summed E-state index contributed by atoms with van der Waals surface area (Å²) in [5, 5.41) is 0. The summed E-state index contributed by atoms with van der Waals surface area (Å²) < 4.78 is 10.5. The summed E-state index contributed by atoms with van der Waals surface area (Å²) >= 11 is 0. The second-order valence-electron chi connectivity index (χ2n) is 5.14. The van der Waals surface area contributed by atoms with Gasteiger partial charge in [0.05, 0.1) is 14.2 Å². The molecule has 2 aromatic rings. The zero-order valence-corrected chi connectivity index (χ0v) is 13.9. The molecule has 0 bridgehead atoms. The predicted molar refractivity (Wildman–Crippen MR) is 93.0 cm³/mol. The number of ether oxygens (including phenoxy) is 2. The fraction of sp³-hybridized carbons (Fsp3) is 0.211. The fourth-order valence-electron chi connectivity index (χ4n) is 2.29. The summed E-state index contributed by atoms with van der Waals surface area (Å²) in [6, 6.07) is 15.1. The van der Waals surface area contributed by atoms with E-state index in [9.17, 15) is 4.79 Å². The molecular formula is C19H21NO3. The molecule has 2 aromatic carbocycles. The summed E-state index contributed by atoms with van der Waals surface area (Å²) in [6.07, 6.45) is 1.84. The molecule has 1 amide bonds. The summed E-state index contributed by atoms with van der Waals surface area (Å²) in [6.45, 7) is 1.80. The first-order valence-corrected chi connectivity index (χ1v) is 7.30. The second-order valence-corrected chi connectivity index (χ2v) is 5.14. The third-order valence-corrected chi connectivity index (χ3v) is 3.58. The number of nitrogens with zero attached hydrogens (tertiary/aromatic N) is 1. The van der Waals surface area contributed by atoms with Gasteiger partial charge in [0.2, 0.25) is 0 Å². The predicted octanol–water partition coefficient (Wildman–Crippen LogP) is 3.77. The van der Waals surface area contributed by atoms with Crippen molar-refractivity contribution < 1.29 is 14.3 Å². The number of carbonyl (C=O) groups excluding carboxylic acids is 1. The molecule has 0 aliphatic heterocycles. The van der Waals surface area contributed by atoms with E-state index < -0.39 is 0 Å². The lowest BCUT2D eigenvalue weighted by molar-refractivity contribution is -0.114. The first-order valence-electron chi connectivity index (χ1n) is 7.30. The Hall–Kier alpha value is -2.75. The molecule has 4 heteroatoms. The van der Waals surface area contributed by atoms with E-state index in [-0.39, 0.29) is 5.91 Å². The minimum Gasteiger partial charge on any atom is -0.493 e. The largest absolute Gasteiger partial charge is 0.493 e. The van der Waals surface area contributed by atoms with Gasteiger partial charge in [-0.05, 0) is 42.8 Å². The summed E-state index contributed by atoms with van der Waals surface area (Å²) in [5.41, 5.74) is 2.39. The van der Waals surface area contributed by atoms with Gasteiger partial charge in [0.15, 0.2) is 11.5 Å². The second kappa shape index (κ2) is 7.49. The van der Waals surface area contributed by atoms with Gasteiger partial charge in [0.25, 0.3) is 5.91 Å². The van der Waals surface area contributed by atoms with Gasteiger partial charge in [0, 0.05) is 18.3 Å². The molecule has 0 aliphatic carbocycles. The number of hydrogen-bond donors (Lipinski definition) is 0. The third-order valence-electron chi connectivity index (χ3n) is 3.58. The maximum atomic E-state index is 12.5. The van der Waals surface area contributed by atoms with Crippen LogP contribution in [-0.2, 0) is 4.79 Å². The minimum atomic E-state index is -0.0500. The Morgan fingerprint density at radius 2 is 1.65 bits per heavy atom. The van der Waals surface area contributed by atoms with E-state index in [1.165, 1.54) is 0 Å². The zero-order chi connectivity index (χ0) is 16.8. The van der Waals surface area contributed by atoms with E-state index in [1.807, 2.05) is 54.6 Å². The monoisotopic (exact) mass is 311 g/mol. The van der Waals surface area contributed by atoms with Gasteiger partial charge in [-0.25, -0.2) is 0 Å². The average molecular weight is 311 g/mol. The highest BCUT2D eigenvalue weighted by atomic mass is 16.5. The topological polar surface area (TPSA) is 38.8 Å². The smallest absolute Gasteiger partial charge is 0.253 e. The number of carbonyl (C=O) groups is 1. The Kier molecular flexibility index (Phi) is 5.41. The molecular weight excluding hydrogens is 290 g/mol. The number of anilines is 1. The van der Waals surface area contributed by atoms with Crippen LogP contribution in [0.15, 0.2) is 54.1 Å². The molecule has 0 heterocycles. The maximum Gasteiger partial charge on any atom is 0.253 e. The lowest BCUT2D eigenvalue weighted by atomic mass is 10.1. The molecule has 0 N–H and O–H groups in total. The molecule has 4 nitrogen and oxygen atoms in total. The first-order chi connectivity index (χ1) is 11.1. The third kappa shape index (κ3) is 3.92. The highest BCUT2D eigenvalue weighted by Crippen LogP contribution is 2.28. The van der Waals surface area contributed by atoms with Gasteiger partial charge in [-0.2, -0.15) is 0 Å². The van der Waals surface area contributed by atoms with Crippen LogP contribution in [0.3, 0.4) is 0 Å². The lowest BCUT2D eigenvalue weighted by Gasteiger charge is -2.17. The molecule has 0 radical (unpaired) electrons. The van der Waals surface area contributed by atoms with Gasteiger partial charge in [-0.1, -0.05) is 24.3 Å². The summed E-state index contributed by atoms with van der Waals surface area (Å²) in [4.78, 5) is 14.2. The number of para-hydroxylation sites is 1. The van der Waals surface area contributed by atoms with Crippen molar-refractivity contribution >= 4 is 17.7 Å². The van der Waals surface area contributed by atoms with Crippen molar-refractivity contribution in [2.75, 3.05) is 26.2 Å². The van der Waals surface area contributed by atoms with Crippen molar-refractivity contribution in [2.45, 2.75) is 6.92 Å². The molecule has 0 aliphatic rings. The Morgan fingerprint density at radius 1 is 1.00 bits per heavy atom. The Bertz CT molecular complexity index is 708. The van der Waals surface area contributed by atoms with Gasteiger partial charge >= 0.3 is 0 Å². The van der Waals surface area contributed by atoms with Crippen LogP contribution >= 0.6 is 0 Å². The zero-order valence-electron chi connectivity index (χ0n) is 13.9. The first kappa shape index (κ1) is 16.6. The van der Waals surface area contributed by atoms with Gasteiger partial charge in [-0.3, -0.25) is 4.79 Å². The number of likely N-dealkylation sites (N-methyl/N-ethyl adjacent to an activating group) is 1. The van der Waals surface area contributed by atoms with Crippen molar-refractivity contribution in [1.82, 2.24) is 0 Å². The van der Waals surface area contributed by atoms with E-state index in [0.29, 0.717) is 17.1 Å². The van der Waals surface area contributed by atoms with Crippen LogP contribution in [0.2, 0.25) is 0 Å². The van der Waals surface area contributed by atoms with Crippen molar-refractivity contribution in [3.63, 3.8) is 0 Å². The Morgan fingerprint density at radius 3 is 2.26 bits per heavy atom. The van der Waals surface area contributed by atoms with Crippen LogP contribution in [0.1, 0.15) is 12.5 Å². The van der Waals surface area contributed by atoms with E-state index in [0.717, 1.165) is 11.3 Å². The molecule has 120 valence electrons. The number of amides is 1. The number of rotatable bonds is 5.